The number of benzene rings is 2. The predicted molar refractivity (Wildman–Crippen MR) is 123 cm³/mol. The molecule has 1 aliphatic rings. The molecule has 4 rings (SSSR count). The summed E-state index contributed by atoms with van der Waals surface area (Å²) < 4.78 is 69.0. The lowest BCUT2D eigenvalue weighted by Crippen LogP contribution is -2.26. The van der Waals surface area contributed by atoms with Crippen molar-refractivity contribution < 1.29 is 26.7 Å². The number of pyridine rings is 1. The van der Waals surface area contributed by atoms with E-state index >= 15 is 4.39 Å². The second kappa shape index (κ2) is 9.21. The summed E-state index contributed by atoms with van der Waals surface area (Å²) in [5.74, 6) is -0.963. The number of nitrogens with zero attached hydrogens (tertiary/aromatic N) is 1. The van der Waals surface area contributed by atoms with Gasteiger partial charge in [0.15, 0.2) is 12.0 Å². The molecule has 0 spiro atoms. The van der Waals surface area contributed by atoms with E-state index in [1.54, 1.807) is 0 Å². The number of ketones is 1. The van der Waals surface area contributed by atoms with Crippen LogP contribution in [0.15, 0.2) is 48.5 Å². The zero-order valence-electron chi connectivity index (χ0n) is 18.4. The van der Waals surface area contributed by atoms with Crippen LogP contribution in [0.25, 0.3) is 11.1 Å². The molecular formula is C26H21BrF5NO. The molecule has 0 N–H and O–H groups in total. The largest absolute Gasteiger partial charge is 0.416 e. The van der Waals surface area contributed by atoms with E-state index in [-0.39, 0.29) is 28.4 Å². The van der Waals surface area contributed by atoms with E-state index < -0.39 is 28.6 Å². The fourth-order valence-corrected chi connectivity index (χ4v) is 4.74. The first kappa shape index (κ1) is 24.5. The molecule has 178 valence electrons. The third-order valence-electron chi connectivity index (χ3n) is 5.97. The maximum Gasteiger partial charge on any atom is 0.416 e. The van der Waals surface area contributed by atoms with Crippen LogP contribution in [0.4, 0.5) is 22.0 Å². The summed E-state index contributed by atoms with van der Waals surface area (Å²) in [5.41, 5.74) is 1.25. The van der Waals surface area contributed by atoms with Crippen LogP contribution in [0.1, 0.15) is 70.8 Å². The summed E-state index contributed by atoms with van der Waals surface area (Å²) >= 11 is 3.38. The first-order valence-electron chi connectivity index (χ1n) is 10.8. The second-order valence-electron chi connectivity index (χ2n) is 8.62. The highest BCUT2D eigenvalue weighted by molar-refractivity contribution is 9.10. The van der Waals surface area contributed by atoms with E-state index in [4.69, 9.17) is 0 Å². The molecule has 2 nitrogen and oxygen atoms in total. The van der Waals surface area contributed by atoms with Gasteiger partial charge in [0, 0.05) is 16.7 Å². The Morgan fingerprint density at radius 3 is 2.18 bits per heavy atom. The smallest absolute Gasteiger partial charge is 0.293 e. The highest BCUT2D eigenvalue weighted by atomic mass is 79.9. The summed E-state index contributed by atoms with van der Waals surface area (Å²) in [6, 6.07) is 9.27. The van der Waals surface area contributed by atoms with Gasteiger partial charge in [-0.05, 0) is 54.2 Å². The van der Waals surface area contributed by atoms with Gasteiger partial charge in [-0.3, -0.25) is 9.78 Å². The zero-order chi connectivity index (χ0) is 24.8. The number of fused-ring (bicyclic) bond motifs is 1. The molecule has 8 heteroatoms. The Labute approximate surface area is 202 Å². The quantitative estimate of drug-likeness (QED) is 0.249. The minimum atomic E-state index is -4.54. The summed E-state index contributed by atoms with van der Waals surface area (Å²) in [6.07, 6.45) is -5.35. The van der Waals surface area contributed by atoms with Crippen LogP contribution in [0.2, 0.25) is 0 Å². The third kappa shape index (κ3) is 4.52. The number of halogens is 6. The molecule has 2 unspecified atom stereocenters. The summed E-state index contributed by atoms with van der Waals surface area (Å²) in [6.45, 7) is 3.67. The number of rotatable bonds is 4. The Morgan fingerprint density at radius 2 is 1.62 bits per heavy atom. The minimum absolute atomic E-state index is 0.0127. The Balaban J connectivity index is 2.00. The molecule has 0 aliphatic heterocycles. The standard InChI is InChI=1S/C26H21BrF5NO/c1-13(2)24-22(23(29)15-3-7-16(8-4-15)26(30,31)32)20(14-5-9-17(28)10-6-14)21-19(33-24)12-11-18(27)25(21)34/h3-10,13,18,23H,11-12H2,1-2H3. The first-order chi connectivity index (χ1) is 16.0. The van der Waals surface area contributed by atoms with Crippen molar-refractivity contribution in [2.45, 2.75) is 49.8 Å². The van der Waals surface area contributed by atoms with Crippen molar-refractivity contribution in [3.05, 3.63) is 88.0 Å². The molecule has 0 fully saturated rings. The van der Waals surface area contributed by atoms with Crippen LogP contribution in [-0.2, 0) is 12.6 Å². The van der Waals surface area contributed by atoms with Gasteiger partial charge in [-0.25, -0.2) is 8.78 Å². The number of aromatic nitrogens is 1. The average molecular weight is 538 g/mol. The van der Waals surface area contributed by atoms with Crippen LogP contribution in [0, 0.1) is 5.82 Å². The number of Topliss-reactive ketones (excluding diaryl/α,β-unsaturated/α-hetero) is 1. The monoisotopic (exact) mass is 537 g/mol. The Morgan fingerprint density at radius 1 is 1.00 bits per heavy atom. The number of carbonyl (C=O) groups excluding carboxylic acids is 1. The predicted octanol–water partition coefficient (Wildman–Crippen LogP) is 7.98. The average Bonchev–Trinajstić information content (AvgIpc) is 2.80. The normalized spacial score (nSPS) is 17.1. The Bertz CT molecular complexity index is 1220. The van der Waals surface area contributed by atoms with Crippen molar-refractivity contribution in [1.82, 2.24) is 4.98 Å². The lowest BCUT2D eigenvalue weighted by atomic mass is 9.81. The van der Waals surface area contributed by atoms with Gasteiger partial charge in [-0.15, -0.1) is 0 Å². The Hall–Kier alpha value is -2.61. The van der Waals surface area contributed by atoms with Gasteiger partial charge in [0.25, 0.3) is 0 Å². The molecule has 1 aliphatic carbocycles. The minimum Gasteiger partial charge on any atom is -0.293 e. The van der Waals surface area contributed by atoms with Crippen LogP contribution in [-0.4, -0.2) is 15.6 Å². The maximum absolute atomic E-state index is 16.2. The van der Waals surface area contributed by atoms with E-state index in [9.17, 15) is 22.4 Å². The number of hydrogen-bond donors (Lipinski definition) is 0. The molecule has 0 saturated heterocycles. The third-order valence-corrected chi connectivity index (χ3v) is 6.84. The molecule has 0 amide bonds. The summed E-state index contributed by atoms with van der Waals surface area (Å²) in [7, 11) is 0. The van der Waals surface area contributed by atoms with Crippen LogP contribution in [0.5, 0.6) is 0 Å². The summed E-state index contributed by atoms with van der Waals surface area (Å²) in [5, 5.41) is 0. The van der Waals surface area contributed by atoms with Gasteiger partial charge in [0.1, 0.15) is 5.82 Å². The topological polar surface area (TPSA) is 30.0 Å². The SMILES string of the molecule is CC(C)c1nc2c(c(-c3ccc(F)cc3)c1C(F)c1ccc(C(F)(F)F)cc1)C(=O)C(Br)CC2. The number of hydrogen-bond acceptors (Lipinski definition) is 2. The number of carbonyl (C=O) groups is 1. The highest BCUT2D eigenvalue weighted by Crippen LogP contribution is 2.44. The molecule has 34 heavy (non-hydrogen) atoms. The zero-order valence-corrected chi connectivity index (χ0v) is 20.0. The van der Waals surface area contributed by atoms with Gasteiger partial charge >= 0.3 is 6.18 Å². The van der Waals surface area contributed by atoms with Crippen molar-refractivity contribution in [2.75, 3.05) is 0 Å². The van der Waals surface area contributed by atoms with Gasteiger partial charge in [0.05, 0.1) is 21.8 Å². The lowest BCUT2D eigenvalue weighted by Gasteiger charge is -2.28. The van der Waals surface area contributed by atoms with E-state index in [1.165, 1.54) is 24.3 Å². The fourth-order valence-electron chi connectivity index (χ4n) is 4.29. The van der Waals surface area contributed by atoms with Crippen LogP contribution >= 0.6 is 15.9 Å². The van der Waals surface area contributed by atoms with Crippen molar-refractivity contribution >= 4 is 21.7 Å². The molecular weight excluding hydrogens is 517 g/mol. The molecule has 0 radical (unpaired) electrons. The maximum atomic E-state index is 16.2. The van der Waals surface area contributed by atoms with Gasteiger partial charge in [-0.1, -0.05) is 54.0 Å². The van der Waals surface area contributed by atoms with Crippen LogP contribution < -0.4 is 0 Å². The molecule has 0 saturated carbocycles. The first-order valence-corrected chi connectivity index (χ1v) is 11.7. The van der Waals surface area contributed by atoms with Crippen LogP contribution in [0.3, 0.4) is 0 Å². The van der Waals surface area contributed by atoms with E-state index in [1.807, 2.05) is 13.8 Å². The van der Waals surface area contributed by atoms with E-state index in [2.05, 4.69) is 20.9 Å². The second-order valence-corrected chi connectivity index (χ2v) is 9.73. The van der Waals surface area contributed by atoms with Gasteiger partial charge < -0.3 is 0 Å². The van der Waals surface area contributed by atoms with Crippen molar-refractivity contribution in [1.29, 1.82) is 0 Å². The number of alkyl halides is 5. The molecule has 0 bridgehead atoms. The van der Waals surface area contributed by atoms with Gasteiger partial charge in [0.2, 0.25) is 0 Å². The van der Waals surface area contributed by atoms with Crippen molar-refractivity contribution in [3.8, 4) is 11.1 Å². The Kier molecular flexibility index (Phi) is 6.64. The molecule has 3 aromatic rings. The molecule has 2 aromatic carbocycles. The van der Waals surface area contributed by atoms with Crippen molar-refractivity contribution in [2.24, 2.45) is 0 Å². The lowest BCUT2D eigenvalue weighted by molar-refractivity contribution is -0.137. The van der Waals surface area contributed by atoms with E-state index in [0.717, 1.165) is 24.3 Å². The number of aryl methyl sites for hydroxylation is 1. The fraction of sp³-hybridized carbons (Fsp3) is 0.308. The molecule has 1 heterocycles. The molecule has 1 aromatic heterocycles. The van der Waals surface area contributed by atoms with Gasteiger partial charge in [-0.2, -0.15) is 13.2 Å². The summed E-state index contributed by atoms with van der Waals surface area (Å²) in [4.78, 5) is 17.4. The van der Waals surface area contributed by atoms with E-state index in [0.29, 0.717) is 35.4 Å². The van der Waals surface area contributed by atoms with Crippen molar-refractivity contribution in [3.63, 3.8) is 0 Å². The highest BCUT2D eigenvalue weighted by Gasteiger charge is 2.36. The molecule has 2 atom stereocenters.